The van der Waals surface area contributed by atoms with E-state index in [9.17, 15) is 28.4 Å². The molecule has 0 radical (unpaired) electrons. The molecule has 23 heteroatoms. The number of nitrogens with one attached hydrogen (secondary N) is 5. The first-order valence-electron chi connectivity index (χ1n) is 24.3. The van der Waals surface area contributed by atoms with Crippen LogP contribution in [0.1, 0.15) is 70.6 Å². The Bertz CT molecular complexity index is 1960. The Labute approximate surface area is 413 Å². The Hall–Kier alpha value is -5.33. The number of urea groups is 1. The summed E-state index contributed by atoms with van der Waals surface area (Å²) in [6, 6.07) is 7.42. The van der Waals surface area contributed by atoms with Gasteiger partial charge in [-0.25, -0.2) is 15.6 Å². The number of benzene rings is 1. The number of piperidine rings is 1. The molecule has 70 heavy (non-hydrogen) atoms. The van der Waals surface area contributed by atoms with Crippen molar-refractivity contribution >= 4 is 53.1 Å². The first-order valence-corrected chi connectivity index (χ1v) is 25.3. The van der Waals surface area contributed by atoms with Gasteiger partial charge in [-0.2, -0.15) is 21.1 Å². The third kappa shape index (κ3) is 20.9. The molecule has 2 aromatic rings. The van der Waals surface area contributed by atoms with E-state index in [1.165, 1.54) is 6.08 Å². The molecule has 1 aromatic carbocycles. The molecule has 0 spiro atoms. The number of hydrogen-bond acceptors (Lipinski definition) is 16. The van der Waals surface area contributed by atoms with Crippen LogP contribution in [0.15, 0.2) is 43.1 Å². The summed E-state index contributed by atoms with van der Waals surface area (Å²) in [5.74, 6) is 6.03. The molecule has 21 nitrogen and oxygen atoms in total. The van der Waals surface area contributed by atoms with Gasteiger partial charge in [-0.3, -0.25) is 24.2 Å². The van der Waals surface area contributed by atoms with Crippen molar-refractivity contribution in [2.75, 3.05) is 103 Å². The van der Waals surface area contributed by atoms with Gasteiger partial charge >= 0.3 is 6.03 Å². The monoisotopic (exact) mass is 1000 g/mol. The number of carbonyl (C=O) groups excluding carboxylic acids is 5. The lowest BCUT2D eigenvalue weighted by molar-refractivity contribution is -0.132. The van der Waals surface area contributed by atoms with Gasteiger partial charge in [0.15, 0.2) is 0 Å². The van der Waals surface area contributed by atoms with Crippen LogP contribution in [0.2, 0.25) is 0 Å². The Morgan fingerprint density at radius 3 is 2.43 bits per heavy atom. The predicted octanol–water partition coefficient (Wildman–Crippen LogP) is 2.97. The molecule has 388 valence electrons. The molecule has 5 rings (SSSR count). The third-order valence-electron chi connectivity index (χ3n) is 11.4. The molecule has 0 saturated carbocycles. The number of fused-ring (bicyclic) bond motifs is 1. The molecule has 0 bridgehead atoms. The fourth-order valence-electron chi connectivity index (χ4n) is 7.79. The van der Waals surface area contributed by atoms with Crippen LogP contribution in [0.25, 0.3) is 0 Å². The third-order valence-corrected chi connectivity index (χ3v) is 12.9. The minimum absolute atomic E-state index is 0.0512. The number of hydrazine groups is 1. The molecule has 6 amide bonds. The van der Waals surface area contributed by atoms with E-state index < -0.39 is 11.9 Å². The summed E-state index contributed by atoms with van der Waals surface area (Å²) in [7, 11) is 0. The summed E-state index contributed by atoms with van der Waals surface area (Å²) in [6.45, 7) is 9.07. The number of amides is 6. The lowest BCUT2D eigenvalue weighted by atomic mass is 10.0. The fourth-order valence-corrected chi connectivity index (χ4v) is 9.34. The van der Waals surface area contributed by atoms with Crippen LogP contribution < -0.4 is 41.9 Å². The Morgan fingerprint density at radius 1 is 0.900 bits per heavy atom. The number of halogens is 1. The lowest BCUT2D eigenvalue weighted by Gasteiger charge is -2.32. The minimum atomic E-state index is -0.709. The van der Waals surface area contributed by atoms with Gasteiger partial charge in [0.05, 0.1) is 64.5 Å². The van der Waals surface area contributed by atoms with E-state index in [0.29, 0.717) is 115 Å². The van der Waals surface area contributed by atoms with Crippen molar-refractivity contribution in [2.24, 2.45) is 5.84 Å². The van der Waals surface area contributed by atoms with E-state index in [0.717, 1.165) is 49.1 Å². The molecule has 0 aliphatic carbocycles. The van der Waals surface area contributed by atoms with Crippen molar-refractivity contribution in [3.63, 3.8) is 0 Å². The van der Waals surface area contributed by atoms with Crippen LogP contribution in [-0.4, -0.2) is 171 Å². The standard InChI is InChI=1S/C47H71FN10O11S/c1-2-42(61)57-19-7-12-36(32-57)69-45-37(48)31-52-46(56-45)53-34-10-5-11-35(30-34)68-29-28-66-23-18-51-41(60)15-6-16-43(62)58(49)20-9-22-65-25-27-67-26-24-64-21-8-17-50-40(59)14-4-3-13-39-44-38(33-70-39)54-47(63)55-44/h2,5,10-11,30-31,36,38-39,44H,1,3-4,6-9,12-29,32-33,49H2,(H,50,59)(H,51,60)(H,52,53,56)(H2,54,55,63)/t36-,38-,39-,44-/m0/s1. The second kappa shape index (κ2) is 31.8. The molecule has 3 aliphatic rings. The average molecular weight is 1000 g/mol. The van der Waals surface area contributed by atoms with Gasteiger partial charge in [0.1, 0.15) is 18.5 Å². The van der Waals surface area contributed by atoms with Crippen LogP contribution in [0.3, 0.4) is 0 Å². The SMILES string of the molecule is C=CC(=O)N1CCC[C@H](Oc2nc(Nc3cccc(OCCOCCNC(=O)CCCC(=O)N(N)CCCOCCOCCOCCCNC(=O)CCCC[C@@H]4SC[C@@H]5NC(=O)N[C@@H]54)c3)ncc2F)C1. The molecule has 4 heterocycles. The van der Waals surface area contributed by atoms with Crippen molar-refractivity contribution in [2.45, 2.75) is 94.1 Å². The van der Waals surface area contributed by atoms with Crippen molar-refractivity contribution < 1.29 is 56.8 Å². The maximum atomic E-state index is 14.5. The van der Waals surface area contributed by atoms with Crippen molar-refractivity contribution in [1.29, 1.82) is 0 Å². The number of rotatable bonds is 35. The van der Waals surface area contributed by atoms with E-state index in [4.69, 9.17) is 34.3 Å². The summed E-state index contributed by atoms with van der Waals surface area (Å²) < 4.78 is 48.4. The summed E-state index contributed by atoms with van der Waals surface area (Å²) >= 11 is 1.89. The smallest absolute Gasteiger partial charge is 0.315 e. The zero-order chi connectivity index (χ0) is 49.8. The quantitative estimate of drug-likeness (QED) is 0.0145. The second-order valence-electron chi connectivity index (χ2n) is 16.9. The van der Waals surface area contributed by atoms with E-state index in [1.54, 1.807) is 29.2 Å². The summed E-state index contributed by atoms with van der Waals surface area (Å²) in [6.07, 6.45) is 8.50. The number of likely N-dealkylation sites (tertiary alicyclic amines) is 1. The highest BCUT2D eigenvalue weighted by Crippen LogP contribution is 2.33. The van der Waals surface area contributed by atoms with Crippen LogP contribution in [0.5, 0.6) is 11.6 Å². The molecular weight excluding hydrogens is 932 g/mol. The van der Waals surface area contributed by atoms with Crippen LogP contribution in [0.4, 0.5) is 20.8 Å². The molecule has 3 aliphatic heterocycles. The first-order chi connectivity index (χ1) is 34.1. The van der Waals surface area contributed by atoms with Gasteiger partial charge in [-0.15, -0.1) is 0 Å². The zero-order valence-corrected chi connectivity index (χ0v) is 40.8. The number of nitrogens with zero attached hydrogens (tertiary/aromatic N) is 4. The van der Waals surface area contributed by atoms with Crippen molar-refractivity contribution in [3.05, 3.63) is 48.9 Å². The van der Waals surface area contributed by atoms with Crippen molar-refractivity contribution in [1.82, 2.24) is 41.1 Å². The Kier molecular flexibility index (Phi) is 25.3. The van der Waals surface area contributed by atoms with Gasteiger partial charge in [0, 0.05) is 81.4 Å². The molecule has 7 N–H and O–H groups in total. The maximum Gasteiger partial charge on any atom is 0.315 e. The van der Waals surface area contributed by atoms with Gasteiger partial charge < -0.3 is 59.9 Å². The fraction of sp³-hybridized carbons (Fsp3) is 0.638. The Balaban J connectivity index is 0.767. The molecule has 3 saturated heterocycles. The summed E-state index contributed by atoms with van der Waals surface area (Å²) in [5.41, 5.74) is 0.604. The van der Waals surface area contributed by atoms with Gasteiger partial charge in [0.2, 0.25) is 35.4 Å². The number of ether oxygens (including phenoxy) is 6. The highest BCUT2D eigenvalue weighted by Gasteiger charge is 2.42. The number of carbonyl (C=O) groups is 5. The average Bonchev–Trinajstić information content (AvgIpc) is 3.92. The highest BCUT2D eigenvalue weighted by atomic mass is 32.2. The molecule has 1 aromatic heterocycles. The number of hydrogen-bond donors (Lipinski definition) is 6. The zero-order valence-electron chi connectivity index (χ0n) is 40.0. The van der Waals surface area contributed by atoms with E-state index in [2.05, 4.69) is 43.1 Å². The normalized spacial score (nSPS) is 18.3. The van der Waals surface area contributed by atoms with Crippen molar-refractivity contribution in [3.8, 4) is 11.6 Å². The lowest BCUT2D eigenvalue weighted by Crippen LogP contribution is -2.43. The number of unbranched alkanes of at least 4 members (excludes halogenated alkanes) is 1. The van der Waals surface area contributed by atoms with E-state index in [1.807, 2.05) is 11.8 Å². The minimum Gasteiger partial charge on any atom is -0.491 e. The van der Waals surface area contributed by atoms with Crippen LogP contribution in [-0.2, 0) is 38.1 Å². The molecule has 4 atom stereocenters. The summed E-state index contributed by atoms with van der Waals surface area (Å²) in [5, 5.41) is 16.3. The molecule has 3 fully saturated rings. The molecule has 0 unspecified atom stereocenters. The van der Waals surface area contributed by atoms with Gasteiger partial charge in [-0.05, 0) is 63.2 Å². The Morgan fingerprint density at radius 2 is 1.63 bits per heavy atom. The van der Waals surface area contributed by atoms with E-state index >= 15 is 0 Å². The van der Waals surface area contributed by atoms with Crippen LogP contribution >= 0.6 is 11.8 Å². The number of thioether (sulfide) groups is 1. The predicted molar refractivity (Wildman–Crippen MR) is 260 cm³/mol. The van der Waals surface area contributed by atoms with Gasteiger partial charge in [0.25, 0.3) is 5.88 Å². The van der Waals surface area contributed by atoms with E-state index in [-0.39, 0.29) is 86.2 Å². The number of anilines is 2. The van der Waals surface area contributed by atoms with Crippen LogP contribution in [0, 0.1) is 5.82 Å². The van der Waals surface area contributed by atoms with Gasteiger partial charge in [-0.1, -0.05) is 19.1 Å². The summed E-state index contributed by atoms with van der Waals surface area (Å²) in [4.78, 5) is 70.1. The maximum absolute atomic E-state index is 14.5. The molecular formula is C47H71FN10O11S. The largest absolute Gasteiger partial charge is 0.491 e. The first kappa shape index (κ1) is 55.6. The second-order valence-corrected chi connectivity index (χ2v) is 18.2. The highest BCUT2D eigenvalue weighted by molar-refractivity contribution is 8.00. The number of aromatic nitrogens is 2. The number of nitrogens with two attached hydrogens (primary N) is 1. The topological polar surface area (TPSA) is 259 Å².